The highest BCUT2D eigenvalue weighted by Gasteiger charge is 2.18. The molecule has 2 nitrogen and oxygen atoms in total. The normalized spacial score (nSPS) is 11.5. The van der Waals surface area contributed by atoms with Crippen LogP contribution in [-0.4, -0.2) is 5.84 Å². The van der Waals surface area contributed by atoms with Gasteiger partial charge < -0.3 is 5.09 Å². The molecule has 0 bridgehead atoms. The van der Waals surface area contributed by atoms with Gasteiger partial charge in [-0.15, -0.1) is 0 Å². The van der Waals surface area contributed by atoms with Crippen molar-refractivity contribution in [2.45, 2.75) is 20.8 Å². The number of rotatable bonds is 5. The predicted molar refractivity (Wildman–Crippen MR) is 135 cm³/mol. The fourth-order valence-electron chi connectivity index (χ4n) is 3.62. The van der Waals surface area contributed by atoms with Gasteiger partial charge in [0.15, 0.2) is 0 Å². The number of hydrogen-bond donors (Lipinski definition) is 1. The molecule has 0 heterocycles. The van der Waals surface area contributed by atoms with Crippen LogP contribution in [0.2, 0.25) is 0 Å². The summed E-state index contributed by atoms with van der Waals surface area (Å²) in [6, 6.07) is 36.1. The number of nitrogens with zero attached hydrogens (tertiary/aromatic N) is 1. The average molecular weight is 423 g/mol. The van der Waals surface area contributed by atoms with Crippen LogP contribution in [0.15, 0.2) is 108 Å². The number of hydrogen-bond acceptors (Lipinski definition) is 1. The molecule has 1 N–H and O–H groups in total. The second-order valence-corrected chi connectivity index (χ2v) is 9.56. The summed E-state index contributed by atoms with van der Waals surface area (Å²) in [5.41, 5.74) is 5.72. The largest absolute Gasteiger partial charge is 0.341 e. The molecular weight excluding hydrogens is 395 g/mol. The Balaban J connectivity index is 1.87. The molecular formula is C28H27N2P. The van der Waals surface area contributed by atoms with Crippen molar-refractivity contribution in [1.29, 1.82) is 0 Å². The van der Waals surface area contributed by atoms with Gasteiger partial charge >= 0.3 is 0 Å². The van der Waals surface area contributed by atoms with Crippen LogP contribution in [0.1, 0.15) is 22.3 Å². The van der Waals surface area contributed by atoms with Crippen molar-refractivity contribution in [3.63, 3.8) is 0 Å². The number of aryl methyl sites for hydroxylation is 3. The lowest BCUT2D eigenvalue weighted by Gasteiger charge is -2.23. The third kappa shape index (κ3) is 4.93. The van der Waals surface area contributed by atoms with Crippen molar-refractivity contribution in [3.8, 4) is 0 Å². The molecule has 154 valence electrons. The summed E-state index contributed by atoms with van der Waals surface area (Å²) in [7, 11) is -0.823. The first-order chi connectivity index (χ1) is 15.1. The third-order valence-electron chi connectivity index (χ3n) is 5.31. The fraction of sp³-hybridized carbons (Fsp3) is 0.107. The highest BCUT2D eigenvalue weighted by atomic mass is 31.1. The third-order valence-corrected chi connectivity index (χ3v) is 7.37. The van der Waals surface area contributed by atoms with E-state index in [9.17, 15) is 0 Å². The standard InChI is InChI=1S/C28H27N2P/c1-21-13-10-11-20-26(21)28(29-27-22(2)14-12-15-23(27)3)30-31(24-16-6-4-7-17-24)25-18-8-5-9-19-25/h4-20H,1-3H3,(H,29,30). The first-order valence-corrected chi connectivity index (χ1v) is 11.9. The van der Waals surface area contributed by atoms with Crippen molar-refractivity contribution >= 4 is 30.2 Å². The molecule has 0 aromatic heterocycles. The molecule has 3 heteroatoms. The van der Waals surface area contributed by atoms with Gasteiger partial charge in [0.1, 0.15) is 5.84 Å². The molecule has 0 saturated carbocycles. The van der Waals surface area contributed by atoms with Gasteiger partial charge in [0, 0.05) is 16.2 Å². The van der Waals surface area contributed by atoms with Gasteiger partial charge in [-0.1, -0.05) is 103 Å². The highest BCUT2D eigenvalue weighted by molar-refractivity contribution is 7.71. The van der Waals surface area contributed by atoms with Crippen molar-refractivity contribution < 1.29 is 0 Å². The summed E-state index contributed by atoms with van der Waals surface area (Å²) < 4.78 is 0. The Kier molecular flexibility index (Phi) is 6.60. The molecule has 0 aliphatic heterocycles. The number of para-hydroxylation sites is 1. The maximum atomic E-state index is 5.20. The highest BCUT2D eigenvalue weighted by Crippen LogP contribution is 2.31. The van der Waals surface area contributed by atoms with Crippen LogP contribution in [0.4, 0.5) is 5.69 Å². The quantitative estimate of drug-likeness (QED) is 0.227. The monoisotopic (exact) mass is 422 g/mol. The summed E-state index contributed by atoms with van der Waals surface area (Å²) >= 11 is 0. The van der Waals surface area contributed by atoms with Gasteiger partial charge in [0.2, 0.25) is 0 Å². The van der Waals surface area contributed by atoms with Crippen LogP contribution in [0.5, 0.6) is 0 Å². The van der Waals surface area contributed by atoms with Gasteiger partial charge in [-0.05, 0) is 37.5 Å². The molecule has 31 heavy (non-hydrogen) atoms. The van der Waals surface area contributed by atoms with E-state index in [0.717, 1.165) is 17.1 Å². The van der Waals surface area contributed by atoms with Crippen LogP contribution >= 0.6 is 8.07 Å². The Bertz CT molecular complexity index is 1120. The summed E-state index contributed by atoms with van der Waals surface area (Å²) in [5, 5.41) is 6.40. The van der Waals surface area contributed by atoms with Gasteiger partial charge in [-0.25, -0.2) is 4.99 Å². The van der Waals surface area contributed by atoms with Crippen LogP contribution in [0, 0.1) is 20.8 Å². The molecule has 4 aromatic rings. The summed E-state index contributed by atoms with van der Waals surface area (Å²) in [6.07, 6.45) is 0. The lowest BCUT2D eigenvalue weighted by atomic mass is 10.1. The zero-order valence-electron chi connectivity index (χ0n) is 18.2. The van der Waals surface area contributed by atoms with E-state index in [4.69, 9.17) is 4.99 Å². The minimum Gasteiger partial charge on any atom is -0.341 e. The van der Waals surface area contributed by atoms with Gasteiger partial charge in [0.25, 0.3) is 0 Å². The van der Waals surface area contributed by atoms with E-state index in [0.29, 0.717) is 0 Å². The molecule has 0 fully saturated rings. The Morgan fingerprint density at radius 1 is 0.581 bits per heavy atom. The lowest BCUT2D eigenvalue weighted by molar-refractivity contribution is 1.29. The second kappa shape index (κ2) is 9.73. The zero-order chi connectivity index (χ0) is 21.6. The maximum Gasteiger partial charge on any atom is 0.137 e. The van der Waals surface area contributed by atoms with E-state index >= 15 is 0 Å². The maximum absolute atomic E-state index is 5.20. The van der Waals surface area contributed by atoms with Crippen molar-refractivity contribution in [1.82, 2.24) is 5.09 Å². The molecule has 4 aromatic carbocycles. The molecule has 0 atom stereocenters. The topological polar surface area (TPSA) is 24.4 Å². The SMILES string of the molecule is Cc1ccccc1C(=Nc1c(C)cccc1C)NP(c1ccccc1)c1ccccc1. The Labute approximate surface area is 186 Å². The molecule has 0 saturated heterocycles. The molecule has 0 amide bonds. The Morgan fingerprint density at radius 2 is 1.06 bits per heavy atom. The molecule has 4 rings (SSSR count). The number of benzene rings is 4. The number of nitrogens with one attached hydrogen (secondary N) is 1. The Morgan fingerprint density at radius 3 is 1.61 bits per heavy atom. The first kappa shape index (κ1) is 21.0. The molecule has 0 aliphatic rings. The molecule has 0 unspecified atom stereocenters. The van der Waals surface area contributed by atoms with Gasteiger partial charge in [0.05, 0.1) is 13.8 Å². The molecule has 0 spiro atoms. The van der Waals surface area contributed by atoms with E-state index in [1.54, 1.807) is 0 Å². The summed E-state index contributed by atoms with van der Waals surface area (Å²) in [4.78, 5) is 5.20. The first-order valence-electron chi connectivity index (χ1n) is 10.5. The lowest BCUT2D eigenvalue weighted by Crippen LogP contribution is -2.29. The van der Waals surface area contributed by atoms with E-state index < -0.39 is 8.07 Å². The minimum absolute atomic E-state index is 0.823. The van der Waals surface area contributed by atoms with Crippen LogP contribution in [-0.2, 0) is 0 Å². The van der Waals surface area contributed by atoms with Crippen LogP contribution in [0.3, 0.4) is 0 Å². The van der Waals surface area contributed by atoms with Crippen LogP contribution in [0.25, 0.3) is 0 Å². The predicted octanol–water partition coefficient (Wildman–Crippen LogP) is 6.33. The number of amidine groups is 1. The van der Waals surface area contributed by atoms with E-state index in [1.165, 1.54) is 27.3 Å². The summed E-state index contributed by atoms with van der Waals surface area (Å²) in [6.45, 7) is 6.39. The van der Waals surface area contributed by atoms with Gasteiger partial charge in [-0.2, -0.15) is 0 Å². The molecule has 0 aliphatic carbocycles. The zero-order valence-corrected chi connectivity index (χ0v) is 19.1. The fourth-order valence-corrected chi connectivity index (χ4v) is 5.50. The van der Waals surface area contributed by atoms with Crippen LogP contribution < -0.4 is 15.7 Å². The Hall–Kier alpha value is -3.22. The van der Waals surface area contributed by atoms with Crippen molar-refractivity contribution in [2.75, 3.05) is 0 Å². The van der Waals surface area contributed by atoms with Gasteiger partial charge in [-0.3, -0.25) is 0 Å². The van der Waals surface area contributed by atoms with E-state index in [2.05, 4.69) is 129 Å². The average Bonchev–Trinajstić information content (AvgIpc) is 2.80. The summed E-state index contributed by atoms with van der Waals surface area (Å²) in [5.74, 6) is 0.911. The van der Waals surface area contributed by atoms with E-state index in [1.807, 2.05) is 0 Å². The van der Waals surface area contributed by atoms with Crippen molar-refractivity contribution in [3.05, 3.63) is 125 Å². The minimum atomic E-state index is -0.823. The molecule has 0 radical (unpaired) electrons. The smallest absolute Gasteiger partial charge is 0.137 e. The van der Waals surface area contributed by atoms with E-state index in [-0.39, 0.29) is 0 Å². The second-order valence-electron chi connectivity index (χ2n) is 7.63. The van der Waals surface area contributed by atoms with Crippen molar-refractivity contribution in [2.24, 2.45) is 4.99 Å². The number of aliphatic imine (C=N–C) groups is 1.